The van der Waals surface area contributed by atoms with Gasteiger partial charge in [0.2, 0.25) is 0 Å². The van der Waals surface area contributed by atoms with Crippen molar-refractivity contribution in [1.82, 2.24) is 0 Å². The lowest BCUT2D eigenvalue weighted by molar-refractivity contribution is -0.383. The van der Waals surface area contributed by atoms with Crippen LogP contribution in [0.15, 0.2) is 12.1 Å². The highest BCUT2D eigenvalue weighted by Crippen LogP contribution is 2.33. The lowest BCUT2D eigenvalue weighted by atomic mass is 10.2. The van der Waals surface area contributed by atoms with Gasteiger partial charge in [-0.15, -0.1) is 0 Å². The first kappa shape index (κ1) is 14.0. The summed E-state index contributed by atoms with van der Waals surface area (Å²) in [5, 5.41) is 23.1. The Hall–Kier alpha value is -1.04. The normalized spacial score (nSPS) is 12.2. The van der Waals surface area contributed by atoms with Crippen LogP contribution >= 0.6 is 23.2 Å². The fourth-order valence-corrected chi connectivity index (χ4v) is 1.57. The summed E-state index contributed by atoms with van der Waals surface area (Å²) >= 11 is 11.5. The van der Waals surface area contributed by atoms with E-state index in [2.05, 4.69) is 5.32 Å². The Morgan fingerprint density at radius 3 is 2.59 bits per heavy atom. The number of nitrogens with zero attached hydrogens (tertiary/aromatic N) is 1. The van der Waals surface area contributed by atoms with Crippen LogP contribution in [0.5, 0.6) is 0 Å². The maximum atomic E-state index is 10.8. The Morgan fingerprint density at radius 2 is 2.06 bits per heavy atom. The zero-order valence-electron chi connectivity index (χ0n) is 9.11. The summed E-state index contributed by atoms with van der Waals surface area (Å²) in [4.78, 5) is 10.3. The third-order valence-corrected chi connectivity index (χ3v) is 2.84. The first-order valence-electron chi connectivity index (χ1n) is 4.97. The molecule has 0 aliphatic heterocycles. The first-order valence-corrected chi connectivity index (χ1v) is 5.72. The van der Waals surface area contributed by atoms with Gasteiger partial charge in [0.1, 0.15) is 5.69 Å². The van der Waals surface area contributed by atoms with Crippen LogP contribution < -0.4 is 5.32 Å². The zero-order chi connectivity index (χ0) is 13.0. The van der Waals surface area contributed by atoms with Crippen LogP contribution in [0, 0.1) is 10.1 Å². The molecule has 0 saturated carbocycles. The highest BCUT2D eigenvalue weighted by molar-refractivity contribution is 6.42. The fourth-order valence-electron chi connectivity index (χ4n) is 1.24. The number of anilines is 1. The van der Waals surface area contributed by atoms with Crippen LogP contribution in [0.25, 0.3) is 0 Å². The number of hydrogen-bond donors (Lipinski definition) is 2. The maximum Gasteiger partial charge on any atom is 0.293 e. The summed E-state index contributed by atoms with van der Waals surface area (Å²) < 4.78 is 0. The molecule has 0 aliphatic carbocycles. The van der Waals surface area contributed by atoms with E-state index in [4.69, 9.17) is 28.3 Å². The second kappa shape index (κ2) is 6.05. The van der Waals surface area contributed by atoms with Gasteiger partial charge >= 0.3 is 0 Å². The number of hydrogen-bond acceptors (Lipinski definition) is 4. The van der Waals surface area contributed by atoms with Gasteiger partial charge in [-0.2, -0.15) is 0 Å². The van der Waals surface area contributed by atoms with Crippen molar-refractivity contribution < 1.29 is 10.0 Å². The van der Waals surface area contributed by atoms with Crippen molar-refractivity contribution >= 4 is 34.6 Å². The van der Waals surface area contributed by atoms with E-state index in [-0.39, 0.29) is 15.7 Å². The van der Waals surface area contributed by atoms with E-state index in [0.717, 1.165) is 0 Å². The van der Waals surface area contributed by atoms with Crippen molar-refractivity contribution in [3.8, 4) is 0 Å². The molecule has 7 heteroatoms. The third kappa shape index (κ3) is 4.03. The smallest absolute Gasteiger partial charge is 0.293 e. The molecule has 1 unspecified atom stereocenters. The monoisotopic (exact) mass is 278 g/mol. The Kier molecular flexibility index (Phi) is 4.99. The Morgan fingerprint density at radius 1 is 1.47 bits per heavy atom. The van der Waals surface area contributed by atoms with Crippen molar-refractivity contribution in [3.63, 3.8) is 0 Å². The van der Waals surface area contributed by atoms with Gasteiger partial charge in [0.25, 0.3) is 5.69 Å². The molecule has 5 nitrogen and oxygen atoms in total. The lowest BCUT2D eigenvalue weighted by Gasteiger charge is -2.09. The third-order valence-electron chi connectivity index (χ3n) is 2.11. The summed E-state index contributed by atoms with van der Waals surface area (Å²) in [7, 11) is 0. The van der Waals surface area contributed by atoms with Crippen LogP contribution in [0.1, 0.15) is 13.3 Å². The number of benzene rings is 1. The number of nitrogens with one attached hydrogen (secondary N) is 1. The number of aliphatic hydroxyl groups excluding tert-OH is 1. The van der Waals surface area contributed by atoms with Crippen LogP contribution in [-0.2, 0) is 0 Å². The molecule has 0 amide bonds. The zero-order valence-corrected chi connectivity index (χ0v) is 10.6. The van der Waals surface area contributed by atoms with E-state index in [1.807, 2.05) is 0 Å². The number of halogens is 2. The fraction of sp³-hybridized carbons (Fsp3) is 0.400. The van der Waals surface area contributed by atoms with Crippen LogP contribution in [0.2, 0.25) is 10.0 Å². The molecule has 17 heavy (non-hydrogen) atoms. The van der Waals surface area contributed by atoms with Gasteiger partial charge in [-0.05, 0) is 19.4 Å². The molecule has 0 heterocycles. The molecule has 1 rings (SSSR count). The molecule has 0 radical (unpaired) electrons. The molecule has 1 aromatic rings. The van der Waals surface area contributed by atoms with Gasteiger partial charge in [-0.25, -0.2) is 0 Å². The summed E-state index contributed by atoms with van der Waals surface area (Å²) in [6, 6.07) is 2.61. The molecule has 0 aromatic heterocycles. The van der Waals surface area contributed by atoms with E-state index in [9.17, 15) is 10.1 Å². The standard InChI is InChI=1S/C10H12Cl2N2O3/c1-6(15)2-3-13-9-4-7(11)8(12)5-10(9)14(16)17/h4-6,13,15H,2-3H2,1H3. The van der Waals surface area contributed by atoms with Crippen LogP contribution in [0.3, 0.4) is 0 Å². The van der Waals surface area contributed by atoms with Crippen molar-refractivity contribution in [3.05, 3.63) is 32.3 Å². The molecular weight excluding hydrogens is 267 g/mol. The Balaban J connectivity index is 2.89. The molecule has 1 aromatic carbocycles. The van der Waals surface area contributed by atoms with Crippen LogP contribution in [-0.4, -0.2) is 22.7 Å². The van der Waals surface area contributed by atoms with E-state index >= 15 is 0 Å². The SMILES string of the molecule is CC(O)CCNc1cc(Cl)c(Cl)cc1[N+](=O)[O-]. The molecule has 1 atom stereocenters. The summed E-state index contributed by atoms with van der Waals surface area (Å²) in [6.07, 6.45) is 0.0153. The molecule has 94 valence electrons. The van der Waals surface area contributed by atoms with Gasteiger partial charge in [-0.3, -0.25) is 10.1 Å². The first-order chi connectivity index (χ1) is 7.91. The Labute approximate surface area is 108 Å². The van der Waals surface area contributed by atoms with Crippen molar-refractivity contribution in [1.29, 1.82) is 0 Å². The highest BCUT2D eigenvalue weighted by atomic mass is 35.5. The van der Waals surface area contributed by atoms with E-state index < -0.39 is 11.0 Å². The number of aliphatic hydroxyl groups is 1. The number of nitro groups is 1. The average molecular weight is 279 g/mol. The minimum Gasteiger partial charge on any atom is -0.393 e. The lowest BCUT2D eigenvalue weighted by Crippen LogP contribution is -2.10. The molecule has 0 bridgehead atoms. The molecular formula is C10H12Cl2N2O3. The summed E-state index contributed by atoms with van der Waals surface area (Å²) in [5.41, 5.74) is 0.162. The van der Waals surface area contributed by atoms with Gasteiger partial charge in [0, 0.05) is 12.6 Å². The van der Waals surface area contributed by atoms with E-state index in [1.54, 1.807) is 6.92 Å². The molecule has 0 saturated heterocycles. The average Bonchev–Trinajstić information content (AvgIpc) is 2.22. The van der Waals surface area contributed by atoms with Gasteiger partial charge in [0.15, 0.2) is 0 Å². The second-order valence-electron chi connectivity index (χ2n) is 3.61. The van der Waals surface area contributed by atoms with Gasteiger partial charge in [-0.1, -0.05) is 23.2 Å². The highest BCUT2D eigenvalue weighted by Gasteiger charge is 2.16. The maximum absolute atomic E-state index is 10.8. The molecule has 2 N–H and O–H groups in total. The molecule has 0 aliphatic rings. The van der Waals surface area contributed by atoms with E-state index in [0.29, 0.717) is 18.7 Å². The largest absolute Gasteiger partial charge is 0.393 e. The van der Waals surface area contributed by atoms with Gasteiger partial charge in [0.05, 0.1) is 21.1 Å². The van der Waals surface area contributed by atoms with Crippen molar-refractivity contribution in [2.24, 2.45) is 0 Å². The molecule has 0 fully saturated rings. The van der Waals surface area contributed by atoms with Crippen molar-refractivity contribution in [2.45, 2.75) is 19.4 Å². The van der Waals surface area contributed by atoms with Gasteiger partial charge < -0.3 is 10.4 Å². The molecule has 0 spiro atoms. The number of nitro benzene ring substituents is 1. The second-order valence-corrected chi connectivity index (χ2v) is 4.42. The van der Waals surface area contributed by atoms with Crippen LogP contribution in [0.4, 0.5) is 11.4 Å². The summed E-state index contributed by atoms with van der Waals surface area (Å²) in [6.45, 7) is 2.06. The quantitative estimate of drug-likeness (QED) is 0.641. The van der Waals surface area contributed by atoms with Crippen molar-refractivity contribution in [2.75, 3.05) is 11.9 Å². The predicted molar refractivity (Wildman–Crippen MR) is 67.9 cm³/mol. The van der Waals surface area contributed by atoms with E-state index in [1.165, 1.54) is 12.1 Å². The summed E-state index contributed by atoms with van der Waals surface area (Å²) in [5.74, 6) is 0. The topological polar surface area (TPSA) is 75.4 Å². The number of rotatable bonds is 5. The Bertz CT molecular complexity index is 424. The minimum absolute atomic E-state index is 0.134. The predicted octanol–water partition coefficient (Wildman–Crippen LogP) is 3.08. The minimum atomic E-state index is -0.535.